The Morgan fingerprint density at radius 2 is 2.47 bits per heavy atom. The van der Waals surface area contributed by atoms with E-state index in [2.05, 4.69) is 0 Å². The molecular formula is C9H11N2O3S+. The summed E-state index contributed by atoms with van der Waals surface area (Å²) in [6.45, 7) is 1.01. The van der Waals surface area contributed by atoms with Crippen LogP contribution in [0.3, 0.4) is 0 Å². The second kappa shape index (κ2) is 4.00. The second-order valence-corrected chi connectivity index (χ2v) is 3.91. The quantitative estimate of drug-likeness (QED) is 0.751. The number of ether oxygens (including phenoxy) is 1. The molecule has 2 aromatic rings. The van der Waals surface area contributed by atoms with Gasteiger partial charge in [-0.1, -0.05) is 11.3 Å². The molecule has 5 nitrogen and oxygen atoms in total. The van der Waals surface area contributed by atoms with Gasteiger partial charge in [0.2, 0.25) is 0 Å². The van der Waals surface area contributed by atoms with Crippen LogP contribution in [-0.4, -0.2) is 23.2 Å². The largest absolute Gasteiger partial charge is 0.478 e. The number of methoxy groups -OCH3 is 1. The highest BCUT2D eigenvalue weighted by molar-refractivity contribution is 7.14. The maximum absolute atomic E-state index is 11.5. The molecule has 0 radical (unpaired) electrons. The Morgan fingerprint density at radius 3 is 3.20 bits per heavy atom. The normalized spacial score (nSPS) is 11.0. The van der Waals surface area contributed by atoms with Crippen molar-refractivity contribution in [3.05, 3.63) is 28.0 Å². The van der Waals surface area contributed by atoms with Gasteiger partial charge in [0.15, 0.2) is 0 Å². The molecule has 2 rings (SSSR count). The topological polar surface area (TPSA) is 54.8 Å². The number of fused-ring (bicyclic) bond motifs is 1. The number of rotatable bonds is 3. The van der Waals surface area contributed by atoms with Crippen LogP contribution in [-0.2, 0) is 11.3 Å². The van der Waals surface area contributed by atoms with E-state index in [0.29, 0.717) is 18.1 Å². The monoisotopic (exact) mass is 227 g/mol. The third kappa shape index (κ3) is 1.73. The molecule has 0 fully saturated rings. The van der Waals surface area contributed by atoms with Crippen molar-refractivity contribution in [2.45, 2.75) is 6.54 Å². The van der Waals surface area contributed by atoms with Gasteiger partial charge in [0.25, 0.3) is 5.88 Å². The van der Waals surface area contributed by atoms with Crippen LogP contribution in [0.4, 0.5) is 0 Å². The molecule has 15 heavy (non-hydrogen) atoms. The number of aromatic nitrogens is 2. The van der Waals surface area contributed by atoms with E-state index in [4.69, 9.17) is 4.74 Å². The summed E-state index contributed by atoms with van der Waals surface area (Å²) >= 11 is 1.40. The molecule has 2 aromatic heterocycles. The van der Waals surface area contributed by atoms with Gasteiger partial charge >= 0.3 is 10.5 Å². The molecule has 0 aliphatic rings. The van der Waals surface area contributed by atoms with E-state index < -0.39 is 0 Å². The predicted molar refractivity (Wildman–Crippen MR) is 55.3 cm³/mol. The Morgan fingerprint density at radius 1 is 1.67 bits per heavy atom. The Bertz CT molecular complexity index is 532. The molecular weight excluding hydrogens is 216 g/mol. The molecule has 0 aliphatic heterocycles. The van der Waals surface area contributed by atoms with Gasteiger partial charge in [0.05, 0.1) is 6.61 Å². The summed E-state index contributed by atoms with van der Waals surface area (Å²) in [6.07, 6.45) is 1.69. The van der Waals surface area contributed by atoms with E-state index in [0.717, 1.165) is 0 Å². The Labute approximate surface area is 89.8 Å². The smallest absolute Gasteiger partial charge is 0.351 e. The molecule has 0 amide bonds. The van der Waals surface area contributed by atoms with Crippen LogP contribution < -0.4 is 10.1 Å². The number of hydrogen-bond acceptors (Lipinski definition) is 4. The summed E-state index contributed by atoms with van der Waals surface area (Å²) in [7, 11) is 1.60. The minimum Gasteiger partial charge on any atom is -0.478 e. The van der Waals surface area contributed by atoms with Gasteiger partial charge in [-0.25, -0.2) is 4.79 Å². The average molecular weight is 227 g/mol. The fraction of sp³-hybridized carbons (Fsp3) is 0.333. The van der Waals surface area contributed by atoms with Gasteiger partial charge in [-0.05, 0) is 0 Å². The molecule has 0 unspecified atom stereocenters. The van der Waals surface area contributed by atoms with Crippen molar-refractivity contribution in [2.24, 2.45) is 0 Å². The summed E-state index contributed by atoms with van der Waals surface area (Å²) in [5, 5.41) is 11.4. The van der Waals surface area contributed by atoms with Gasteiger partial charge in [0, 0.05) is 12.5 Å². The zero-order valence-electron chi connectivity index (χ0n) is 8.21. The highest BCUT2D eigenvalue weighted by Gasteiger charge is 2.16. The van der Waals surface area contributed by atoms with Crippen LogP contribution >= 0.6 is 11.3 Å². The molecule has 0 spiro atoms. The van der Waals surface area contributed by atoms with Gasteiger partial charge in [-0.2, -0.15) is 8.97 Å². The summed E-state index contributed by atoms with van der Waals surface area (Å²) in [5.74, 6) is -0.0282. The van der Waals surface area contributed by atoms with Crippen molar-refractivity contribution in [2.75, 3.05) is 13.7 Å². The number of nitrogens with zero attached hydrogens (tertiary/aromatic N) is 2. The Kier molecular flexibility index (Phi) is 2.70. The van der Waals surface area contributed by atoms with Crippen LogP contribution in [0, 0.1) is 0 Å². The van der Waals surface area contributed by atoms with Crippen molar-refractivity contribution >= 4 is 16.3 Å². The maximum atomic E-state index is 11.5. The first kappa shape index (κ1) is 10.1. The van der Waals surface area contributed by atoms with Crippen LogP contribution in [0.2, 0.25) is 0 Å². The van der Waals surface area contributed by atoms with E-state index in [9.17, 15) is 9.90 Å². The molecule has 0 atom stereocenters. The van der Waals surface area contributed by atoms with Gasteiger partial charge in [-0.3, -0.25) is 0 Å². The highest BCUT2D eigenvalue weighted by atomic mass is 32.1. The third-order valence-electron chi connectivity index (χ3n) is 2.11. The maximum Gasteiger partial charge on any atom is 0.351 e. The molecule has 0 aliphatic carbocycles. The van der Waals surface area contributed by atoms with E-state index in [1.807, 2.05) is 0 Å². The molecule has 0 bridgehead atoms. The molecule has 2 heterocycles. The van der Waals surface area contributed by atoms with Gasteiger partial charge in [0.1, 0.15) is 18.8 Å². The number of hydrogen-bond donors (Lipinski definition) is 1. The van der Waals surface area contributed by atoms with Gasteiger partial charge < -0.3 is 9.84 Å². The van der Waals surface area contributed by atoms with Crippen molar-refractivity contribution in [3.63, 3.8) is 0 Å². The molecule has 0 aromatic carbocycles. The lowest BCUT2D eigenvalue weighted by atomic mass is 10.5. The Hall–Kier alpha value is -1.40. The van der Waals surface area contributed by atoms with Crippen molar-refractivity contribution in [3.8, 4) is 5.88 Å². The summed E-state index contributed by atoms with van der Waals surface area (Å²) in [6, 6.07) is 1.20. The first-order valence-electron chi connectivity index (χ1n) is 4.44. The fourth-order valence-corrected chi connectivity index (χ4v) is 2.26. The fourth-order valence-electron chi connectivity index (χ4n) is 1.38. The lowest BCUT2D eigenvalue weighted by Gasteiger charge is -2.01. The molecule has 80 valence electrons. The van der Waals surface area contributed by atoms with Crippen LogP contribution in [0.25, 0.3) is 4.96 Å². The SMILES string of the molecule is COCC[n+]1c(O)cc(=O)n2ccsc21. The second-order valence-electron chi connectivity index (χ2n) is 3.04. The van der Waals surface area contributed by atoms with Crippen LogP contribution in [0.15, 0.2) is 22.4 Å². The first-order chi connectivity index (χ1) is 7.24. The Balaban J connectivity index is 2.60. The predicted octanol–water partition coefficient (Wildman–Crippen LogP) is 0.000500. The van der Waals surface area contributed by atoms with E-state index in [1.54, 1.807) is 23.3 Å². The minimum absolute atomic E-state index is 0.0282. The van der Waals surface area contributed by atoms with Crippen molar-refractivity contribution in [1.82, 2.24) is 4.40 Å². The first-order valence-corrected chi connectivity index (χ1v) is 5.32. The number of aromatic hydroxyl groups is 1. The van der Waals surface area contributed by atoms with Crippen LogP contribution in [0.5, 0.6) is 5.88 Å². The van der Waals surface area contributed by atoms with Gasteiger partial charge in [-0.15, -0.1) is 0 Å². The third-order valence-corrected chi connectivity index (χ3v) is 2.99. The summed E-state index contributed by atoms with van der Waals surface area (Å²) in [5.41, 5.74) is -0.225. The standard InChI is InChI=1S/C9H10N2O3S/c1-14-4-2-10-7(12)6-8(13)11-3-5-15-9(10)11/h3,5-6H,2,4H2,1H3/p+1. The van der Waals surface area contributed by atoms with E-state index >= 15 is 0 Å². The highest BCUT2D eigenvalue weighted by Crippen LogP contribution is 2.07. The number of thiazole rings is 1. The zero-order chi connectivity index (χ0) is 10.8. The zero-order valence-corrected chi connectivity index (χ0v) is 9.03. The minimum atomic E-state index is -0.225. The summed E-state index contributed by atoms with van der Waals surface area (Å²) < 4.78 is 8.09. The summed E-state index contributed by atoms with van der Waals surface area (Å²) in [4.78, 5) is 12.2. The van der Waals surface area contributed by atoms with Crippen molar-refractivity contribution in [1.29, 1.82) is 0 Å². The average Bonchev–Trinajstić information content (AvgIpc) is 2.66. The van der Waals surface area contributed by atoms with Crippen molar-refractivity contribution < 1.29 is 14.4 Å². The molecule has 0 saturated heterocycles. The van der Waals surface area contributed by atoms with E-state index in [-0.39, 0.29) is 11.4 Å². The lowest BCUT2D eigenvalue weighted by Crippen LogP contribution is -2.40. The van der Waals surface area contributed by atoms with Crippen LogP contribution in [0.1, 0.15) is 0 Å². The van der Waals surface area contributed by atoms with E-state index in [1.165, 1.54) is 21.8 Å². The molecule has 6 heteroatoms. The lowest BCUT2D eigenvalue weighted by molar-refractivity contribution is -0.680. The molecule has 0 saturated carbocycles. The molecule has 1 N–H and O–H groups in total.